The Labute approximate surface area is 169 Å². The maximum Gasteiger partial charge on any atom is 0.275 e. The molecule has 3 heterocycles. The summed E-state index contributed by atoms with van der Waals surface area (Å²) in [6, 6.07) is 8.53. The summed E-state index contributed by atoms with van der Waals surface area (Å²) in [5.41, 5.74) is 1.53. The second-order valence-electron chi connectivity index (χ2n) is 6.48. The first-order valence-electron chi connectivity index (χ1n) is 8.96. The fourth-order valence-electron chi connectivity index (χ4n) is 3.23. The van der Waals surface area contributed by atoms with Crippen molar-refractivity contribution < 1.29 is 9.72 Å². The first kappa shape index (κ1) is 18.6. The van der Waals surface area contributed by atoms with Crippen LogP contribution in [0.5, 0.6) is 0 Å². The van der Waals surface area contributed by atoms with Crippen LogP contribution in [-0.4, -0.2) is 28.9 Å². The molecule has 0 radical (unpaired) electrons. The number of hydrogen-bond donors (Lipinski definition) is 1. The van der Waals surface area contributed by atoms with Crippen LogP contribution in [0.2, 0.25) is 0 Å². The molecule has 1 aromatic carbocycles. The van der Waals surface area contributed by atoms with E-state index in [0.29, 0.717) is 11.4 Å². The van der Waals surface area contributed by atoms with Crippen LogP contribution in [0.15, 0.2) is 41.1 Å². The minimum Gasteiger partial charge on any atom is -0.370 e. The molecule has 0 atom stereocenters. The van der Waals surface area contributed by atoms with Gasteiger partial charge in [-0.2, -0.15) is 0 Å². The summed E-state index contributed by atoms with van der Waals surface area (Å²) in [6.07, 6.45) is 3.32. The van der Waals surface area contributed by atoms with E-state index in [0.717, 1.165) is 41.5 Å². The largest absolute Gasteiger partial charge is 0.370 e. The number of anilines is 2. The molecule has 9 heteroatoms. The molecule has 0 bridgehead atoms. The third kappa shape index (κ3) is 3.90. The van der Waals surface area contributed by atoms with Crippen LogP contribution >= 0.6 is 22.7 Å². The number of amides is 1. The van der Waals surface area contributed by atoms with Gasteiger partial charge in [-0.3, -0.25) is 14.9 Å². The molecule has 7 nitrogen and oxygen atoms in total. The highest BCUT2D eigenvalue weighted by atomic mass is 32.1. The number of hydrogen-bond acceptors (Lipinski definition) is 7. The smallest absolute Gasteiger partial charge is 0.275 e. The summed E-state index contributed by atoms with van der Waals surface area (Å²) in [4.78, 5) is 31.1. The first-order chi connectivity index (χ1) is 13.6. The van der Waals surface area contributed by atoms with Gasteiger partial charge in [-0.15, -0.1) is 22.7 Å². The first-order valence-corrected chi connectivity index (χ1v) is 10.7. The number of aromatic nitrogens is 1. The Bertz CT molecular complexity index is 995. The Hall–Kier alpha value is -2.78. The van der Waals surface area contributed by atoms with Crippen LogP contribution in [0, 0.1) is 10.1 Å². The van der Waals surface area contributed by atoms with E-state index in [-0.39, 0.29) is 11.6 Å². The van der Waals surface area contributed by atoms with Crippen LogP contribution < -0.4 is 10.2 Å². The van der Waals surface area contributed by atoms with Crippen molar-refractivity contribution in [2.24, 2.45) is 0 Å². The van der Waals surface area contributed by atoms with E-state index in [4.69, 9.17) is 0 Å². The van der Waals surface area contributed by atoms with Gasteiger partial charge in [-0.1, -0.05) is 6.07 Å². The predicted octanol–water partition coefficient (Wildman–Crippen LogP) is 5.02. The molecule has 144 valence electrons. The Balaban J connectivity index is 1.61. The molecule has 0 saturated carbocycles. The molecule has 0 spiro atoms. The van der Waals surface area contributed by atoms with Crippen LogP contribution in [0.25, 0.3) is 9.88 Å². The third-order valence-corrected chi connectivity index (χ3v) is 6.49. The highest BCUT2D eigenvalue weighted by Gasteiger charge is 2.20. The van der Waals surface area contributed by atoms with E-state index in [1.807, 2.05) is 17.5 Å². The second-order valence-corrected chi connectivity index (χ2v) is 8.28. The number of nitrogens with zero attached hydrogens (tertiary/aromatic N) is 3. The Morgan fingerprint density at radius 2 is 2.00 bits per heavy atom. The number of non-ortho nitro benzene ring substituents is 1. The summed E-state index contributed by atoms with van der Waals surface area (Å²) in [7, 11) is 0. The number of thiophene rings is 1. The SMILES string of the molecule is O=C(Nc1cc([N+](=O)[O-])ccc1N1CCCCC1)c1csc(-c2cccs2)n1. The zero-order chi connectivity index (χ0) is 19.5. The van der Waals surface area contributed by atoms with E-state index in [1.54, 1.807) is 22.8 Å². The van der Waals surface area contributed by atoms with E-state index < -0.39 is 4.92 Å². The van der Waals surface area contributed by atoms with Crippen molar-refractivity contribution in [2.45, 2.75) is 19.3 Å². The van der Waals surface area contributed by atoms with Crippen LogP contribution in [0.4, 0.5) is 17.1 Å². The van der Waals surface area contributed by atoms with Crippen molar-refractivity contribution >= 4 is 45.6 Å². The van der Waals surface area contributed by atoms with E-state index in [2.05, 4.69) is 15.2 Å². The minimum atomic E-state index is -0.451. The Morgan fingerprint density at radius 3 is 2.71 bits per heavy atom. The van der Waals surface area contributed by atoms with Gasteiger partial charge in [0.25, 0.3) is 11.6 Å². The highest BCUT2D eigenvalue weighted by molar-refractivity contribution is 7.20. The van der Waals surface area contributed by atoms with Crippen molar-refractivity contribution in [3.8, 4) is 9.88 Å². The molecule has 1 fully saturated rings. The molecule has 4 rings (SSSR count). The monoisotopic (exact) mass is 414 g/mol. The van der Waals surface area contributed by atoms with E-state index in [9.17, 15) is 14.9 Å². The number of benzene rings is 1. The summed E-state index contributed by atoms with van der Waals surface area (Å²) in [5, 5.41) is 18.5. The maximum atomic E-state index is 12.8. The van der Waals surface area contributed by atoms with Gasteiger partial charge in [0, 0.05) is 30.6 Å². The molecule has 0 aliphatic carbocycles. The lowest BCUT2D eigenvalue weighted by atomic mass is 10.1. The van der Waals surface area contributed by atoms with Crippen molar-refractivity contribution in [3.63, 3.8) is 0 Å². The predicted molar refractivity (Wildman–Crippen MR) is 113 cm³/mol. The summed E-state index contributed by atoms with van der Waals surface area (Å²) >= 11 is 2.97. The molecule has 3 aromatic rings. The average Bonchev–Trinajstić information content (AvgIpc) is 3.40. The molecule has 2 aromatic heterocycles. The lowest BCUT2D eigenvalue weighted by Gasteiger charge is -2.30. The van der Waals surface area contributed by atoms with E-state index >= 15 is 0 Å². The summed E-state index contributed by atoms with van der Waals surface area (Å²) in [6.45, 7) is 1.75. The van der Waals surface area contributed by atoms with Gasteiger partial charge in [0.2, 0.25) is 0 Å². The Kier molecular flexibility index (Phi) is 5.36. The van der Waals surface area contributed by atoms with Gasteiger partial charge < -0.3 is 10.2 Å². The summed E-state index contributed by atoms with van der Waals surface area (Å²) < 4.78 is 0. The number of nitro benzene ring substituents is 1. The number of nitrogens with one attached hydrogen (secondary N) is 1. The maximum absolute atomic E-state index is 12.8. The van der Waals surface area contributed by atoms with Crippen molar-refractivity contribution in [1.82, 2.24) is 4.98 Å². The number of carbonyl (C=O) groups excluding carboxylic acids is 1. The van der Waals surface area contributed by atoms with Gasteiger partial charge in [-0.25, -0.2) is 4.98 Å². The lowest BCUT2D eigenvalue weighted by Crippen LogP contribution is -2.30. The quantitative estimate of drug-likeness (QED) is 0.468. The third-order valence-electron chi connectivity index (χ3n) is 4.60. The van der Waals surface area contributed by atoms with Gasteiger partial charge in [0.1, 0.15) is 10.7 Å². The molecule has 1 aliphatic heterocycles. The topological polar surface area (TPSA) is 88.4 Å². The number of thiazole rings is 1. The highest BCUT2D eigenvalue weighted by Crippen LogP contribution is 2.33. The molecule has 1 amide bonds. The zero-order valence-electron chi connectivity index (χ0n) is 15.0. The number of nitro groups is 1. The number of rotatable bonds is 5. The molecule has 1 saturated heterocycles. The van der Waals surface area contributed by atoms with Crippen molar-refractivity contribution in [3.05, 3.63) is 56.9 Å². The van der Waals surface area contributed by atoms with Crippen LogP contribution in [0.3, 0.4) is 0 Å². The molecule has 1 aliphatic rings. The number of piperidine rings is 1. The van der Waals surface area contributed by atoms with Crippen molar-refractivity contribution in [2.75, 3.05) is 23.3 Å². The van der Waals surface area contributed by atoms with Gasteiger partial charge in [-0.05, 0) is 36.8 Å². The molecule has 28 heavy (non-hydrogen) atoms. The fourth-order valence-corrected chi connectivity index (χ4v) is 4.84. The van der Waals surface area contributed by atoms with Crippen LogP contribution in [0.1, 0.15) is 29.8 Å². The molecular weight excluding hydrogens is 396 g/mol. The van der Waals surface area contributed by atoms with Gasteiger partial charge >= 0.3 is 0 Å². The average molecular weight is 415 g/mol. The number of carbonyl (C=O) groups is 1. The molecular formula is C19H18N4O3S2. The van der Waals surface area contributed by atoms with Gasteiger partial charge in [0.15, 0.2) is 0 Å². The van der Waals surface area contributed by atoms with Crippen molar-refractivity contribution in [1.29, 1.82) is 0 Å². The summed E-state index contributed by atoms with van der Waals surface area (Å²) in [5.74, 6) is -0.363. The standard InChI is InChI=1S/C19H18N4O3S2/c24-18(15-12-28-19(21-15)17-5-4-10-27-17)20-14-11-13(23(25)26)6-7-16(14)22-8-2-1-3-9-22/h4-7,10-12H,1-3,8-9H2,(H,20,24). The molecule has 1 N–H and O–H groups in total. The Morgan fingerprint density at radius 1 is 1.18 bits per heavy atom. The molecule has 0 unspecified atom stereocenters. The van der Waals surface area contributed by atoms with Crippen LogP contribution in [-0.2, 0) is 0 Å². The zero-order valence-corrected chi connectivity index (χ0v) is 16.6. The minimum absolute atomic E-state index is 0.0476. The second kappa shape index (κ2) is 8.07. The lowest BCUT2D eigenvalue weighted by molar-refractivity contribution is -0.384. The fraction of sp³-hybridized carbons (Fsp3) is 0.263. The van der Waals surface area contributed by atoms with Gasteiger partial charge in [0.05, 0.1) is 21.2 Å². The van der Waals surface area contributed by atoms with E-state index in [1.165, 1.54) is 29.9 Å². The normalized spacial score (nSPS) is 14.1.